The monoisotopic (exact) mass is 395 g/mol. The number of allylic oxidation sites excluding steroid dienone is 2. The summed E-state index contributed by atoms with van der Waals surface area (Å²) in [5, 5.41) is 0. The fourth-order valence-corrected chi connectivity index (χ4v) is 7.53. The van der Waals surface area contributed by atoms with Gasteiger partial charge in [0, 0.05) is 12.6 Å². The fourth-order valence-electron chi connectivity index (χ4n) is 7.53. The molecule has 0 spiro atoms. The largest absolute Gasteiger partial charge is 0.495 e. The molecule has 0 bridgehead atoms. The molecule has 1 aromatic heterocycles. The summed E-state index contributed by atoms with van der Waals surface area (Å²) in [6, 6.07) is 2.14. The predicted octanol–water partition coefficient (Wildman–Crippen LogP) is 5.28. The van der Waals surface area contributed by atoms with Gasteiger partial charge in [0.2, 0.25) is 0 Å². The van der Waals surface area contributed by atoms with Gasteiger partial charge < -0.3 is 9.47 Å². The molecule has 3 fully saturated rings. The zero-order chi connectivity index (χ0) is 20.2. The van der Waals surface area contributed by atoms with E-state index in [1.165, 1.54) is 43.2 Å². The smallest absolute Gasteiger partial charge is 0.305 e. The summed E-state index contributed by atoms with van der Waals surface area (Å²) in [6.07, 6.45) is 14.0. The Labute approximate surface area is 174 Å². The van der Waals surface area contributed by atoms with Gasteiger partial charge in [0.15, 0.2) is 0 Å². The number of rotatable bonds is 2. The molecule has 0 amide bonds. The van der Waals surface area contributed by atoms with Crippen LogP contribution in [-0.4, -0.2) is 24.7 Å². The molecule has 4 aliphatic rings. The third-order valence-corrected chi connectivity index (χ3v) is 9.22. The van der Waals surface area contributed by atoms with E-state index >= 15 is 0 Å². The van der Waals surface area contributed by atoms with Crippen LogP contribution in [0.1, 0.15) is 64.4 Å². The second-order valence-electron chi connectivity index (χ2n) is 10.3. The lowest BCUT2D eigenvalue weighted by atomic mass is 9.46. The standard InChI is InChI=1S/C25H33NO3/c1-24-11-9-23(27)29-15-17(24)4-5-19-21-7-6-20(25(21,2)10-8-22(19)24)16-12-18(28-3)14-26-13-16/h6,12-14,17,19,21-22H,4-5,7-11,15H2,1-3H3/t17-,19-,21-,22-,24-,25+/m0/s1. The predicted molar refractivity (Wildman–Crippen MR) is 112 cm³/mol. The molecule has 0 radical (unpaired) electrons. The van der Waals surface area contributed by atoms with E-state index in [0.717, 1.165) is 18.1 Å². The van der Waals surface area contributed by atoms with Gasteiger partial charge in [-0.1, -0.05) is 19.9 Å². The van der Waals surface area contributed by atoms with Crippen LogP contribution in [0.25, 0.3) is 5.57 Å². The first kappa shape index (κ1) is 19.1. The Bertz CT molecular complexity index is 848. The van der Waals surface area contributed by atoms with Crippen LogP contribution in [0.15, 0.2) is 24.5 Å². The van der Waals surface area contributed by atoms with Crippen LogP contribution in [0.2, 0.25) is 0 Å². The molecular formula is C25H33NO3. The maximum absolute atomic E-state index is 12.0. The normalized spacial score (nSPS) is 41.3. The van der Waals surface area contributed by atoms with Crippen LogP contribution in [-0.2, 0) is 9.53 Å². The molecule has 3 aliphatic carbocycles. The van der Waals surface area contributed by atoms with Crippen molar-refractivity contribution in [3.8, 4) is 5.75 Å². The zero-order valence-electron chi connectivity index (χ0n) is 17.9. The van der Waals surface area contributed by atoms with Crippen LogP contribution in [0, 0.1) is 34.5 Å². The van der Waals surface area contributed by atoms with Crippen molar-refractivity contribution in [1.82, 2.24) is 4.98 Å². The van der Waals surface area contributed by atoms with Gasteiger partial charge in [0.05, 0.1) is 19.9 Å². The van der Waals surface area contributed by atoms with E-state index in [0.29, 0.717) is 30.8 Å². The van der Waals surface area contributed by atoms with Crippen LogP contribution < -0.4 is 4.74 Å². The SMILES string of the molecule is COc1cncc(C2=CC[C@H]3[C@@H]4CC[C@H]5COC(=O)CC[C@]5(C)[C@H]4CC[C@]23C)c1. The highest BCUT2D eigenvalue weighted by Crippen LogP contribution is 2.66. The summed E-state index contributed by atoms with van der Waals surface area (Å²) in [5.74, 6) is 3.53. The highest BCUT2D eigenvalue weighted by molar-refractivity contribution is 5.73. The minimum atomic E-state index is 0.00756. The van der Waals surface area contributed by atoms with Gasteiger partial charge in [-0.2, -0.15) is 0 Å². The molecule has 1 aliphatic heterocycles. The molecule has 6 atom stereocenters. The number of ether oxygens (including phenoxy) is 2. The average Bonchev–Trinajstić information content (AvgIpc) is 3.01. The summed E-state index contributed by atoms with van der Waals surface area (Å²) in [6.45, 7) is 5.59. The van der Waals surface area contributed by atoms with Crippen molar-refractivity contribution in [2.75, 3.05) is 13.7 Å². The van der Waals surface area contributed by atoms with Crippen molar-refractivity contribution in [3.63, 3.8) is 0 Å². The minimum absolute atomic E-state index is 0.00756. The quantitative estimate of drug-likeness (QED) is 0.639. The number of hydrogen-bond donors (Lipinski definition) is 0. The Morgan fingerprint density at radius 3 is 2.83 bits per heavy atom. The number of esters is 1. The Morgan fingerprint density at radius 1 is 1.14 bits per heavy atom. The van der Waals surface area contributed by atoms with Gasteiger partial charge in [-0.3, -0.25) is 9.78 Å². The lowest BCUT2D eigenvalue weighted by Crippen LogP contribution is -2.51. The average molecular weight is 396 g/mol. The molecule has 29 heavy (non-hydrogen) atoms. The molecule has 0 aromatic carbocycles. The number of carbonyl (C=O) groups excluding carboxylic acids is 1. The van der Waals surface area contributed by atoms with Crippen molar-refractivity contribution in [1.29, 1.82) is 0 Å². The van der Waals surface area contributed by atoms with Crippen LogP contribution in [0.3, 0.4) is 0 Å². The number of pyridine rings is 1. The first-order valence-electron chi connectivity index (χ1n) is 11.3. The molecule has 2 heterocycles. The summed E-state index contributed by atoms with van der Waals surface area (Å²) in [5.41, 5.74) is 3.16. The van der Waals surface area contributed by atoms with Crippen molar-refractivity contribution in [2.24, 2.45) is 34.5 Å². The number of carbonyl (C=O) groups is 1. The van der Waals surface area contributed by atoms with E-state index in [4.69, 9.17) is 9.47 Å². The molecule has 0 N–H and O–H groups in total. The number of methoxy groups -OCH3 is 1. The van der Waals surface area contributed by atoms with Crippen molar-refractivity contribution in [2.45, 2.75) is 58.8 Å². The maximum atomic E-state index is 12.0. The number of nitrogens with zero attached hydrogens (tertiary/aromatic N) is 1. The van der Waals surface area contributed by atoms with Crippen molar-refractivity contribution in [3.05, 3.63) is 30.1 Å². The third kappa shape index (κ3) is 2.85. The van der Waals surface area contributed by atoms with Gasteiger partial charge in [-0.15, -0.1) is 0 Å². The molecule has 4 heteroatoms. The number of hydrogen-bond acceptors (Lipinski definition) is 4. The summed E-state index contributed by atoms with van der Waals surface area (Å²) >= 11 is 0. The molecule has 4 nitrogen and oxygen atoms in total. The van der Waals surface area contributed by atoms with Gasteiger partial charge in [-0.05, 0) is 90.2 Å². The van der Waals surface area contributed by atoms with E-state index in [1.54, 1.807) is 13.3 Å². The number of cyclic esters (lactones) is 1. The van der Waals surface area contributed by atoms with Gasteiger partial charge in [0.25, 0.3) is 0 Å². The minimum Gasteiger partial charge on any atom is -0.495 e. The van der Waals surface area contributed by atoms with Gasteiger partial charge in [0.1, 0.15) is 5.75 Å². The molecule has 156 valence electrons. The van der Waals surface area contributed by atoms with E-state index in [-0.39, 0.29) is 16.8 Å². The summed E-state index contributed by atoms with van der Waals surface area (Å²) in [4.78, 5) is 16.4. The number of fused-ring (bicyclic) bond motifs is 5. The number of aromatic nitrogens is 1. The first-order valence-corrected chi connectivity index (χ1v) is 11.3. The highest BCUT2D eigenvalue weighted by atomic mass is 16.5. The summed E-state index contributed by atoms with van der Waals surface area (Å²) in [7, 11) is 1.71. The topological polar surface area (TPSA) is 48.4 Å². The first-order chi connectivity index (χ1) is 14.0. The van der Waals surface area contributed by atoms with Gasteiger partial charge in [-0.25, -0.2) is 0 Å². The zero-order valence-corrected chi connectivity index (χ0v) is 17.9. The molecule has 2 saturated carbocycles. The Balaban J connectivity index is 1.44. The second kappa shape index (κ2) is 6.85. The highest BCUT2D eigenvalue weighted by Gasteiger charge is 2.58. The Hall–Kier alpha value is -1.84. The van der Waals surface area contributed by atoms with Crippen LogP contribution in [0.5, 0.6) is 5.75 Å². The molecule has 1 saturated heterocycles. The molecule has 5 rings (SSSR count). The van der Waals surface area contributed by atoms with Crippen LogP contribution in [0.4, 0.5) is 0 Å². The second-order valence-corrected chi connectivity index (χ2v) is 10.3. The lowest BCUT2D eigenvalue weighted by Gasteiger charge is -2.58. The fraction of sp³-hybridized carbons (Fsp3) is 0.680. The van der Waals surface area contributed by atoms with E-state index in [2.05, 4.69) is 31.0 Å². The van der Waals surface area contributed by atoms with E-state index < -0.39 is 0 Å². The van der Waals surface area contributed by atoms with E-state index in [9.17, 15) is 4.79 Å². The molecule has 0 unspecified atom stereocenters. The van der Waals surface area contributed by atoms with Gasteiger partial charge >= 0.3 is 5.97 Å². The lowest BCUT2D eigenvalue weighted by molar-refractivity contribution is -0.144. The Kier molecular flexibility index (Phi) is 4.52. The van der Waals surface area contributed by atoms with Crippen molar-refractivity contribution >= 4 is 11.5 Å². The van der Waals surface area contributed by atoms with Crippen LogP contribution >= 0.6 is 0 Å². The molecule has 1 aromatic rings. The maximum Gasteiger partial charge on any atom is 0.305 e. The Morgan fingerprint density at radius 2 is 2.00 bits per heavy atom. The molecular weight excluding hydrogens is 362 g/mol. The van der Waals surface area contributed by atoms with Crippen molar-refractivity contribution < 1.29 is 14.3 Å². The van der Waals surface area contributed by atoms with E-state index in [1.807, 2.05) is 6.20 Å². The third-order valence-electron chi connectivity index (χ3n) is 9.22. The summed E-state index contributed by atoms with van der Waals surface area (Å²) < 4.78 is 11.0.